The van der Waals surface area contributed by atoms with Crippen LogP contribution in [0.25, 0.3) is 0 Å². The maximum absolute atomic E-state index is 11.4. The number of guanidine groups is 1. The fraction of sp³-hybridized carbons (Fsp3) is 0.846. The smallest absolute Gasteiger partial charge is 0.407 e. The number of nitrogens with zero attached hydrogens (tertiary/aromatic N) is 1. The number of alkyl carbamates (subject to hydrolysis) is 1. The number of ether oxygens (including phenoxy) is 1. The van der Waals surface area contributed by atoms with Gasteiger partial charge in [0.15, 0.2) is 5.96 Å². The molecule has 1 aliphatic carbocycles. The third-order valence-electron chi connectivity index (χ3n) is 2.90. The normalized spacial score (nSPS) is 17.2. The zero-order chi connectivity index (χ0) is 14.3. The fourth-order valence-corrected chi connectivity index (χ4v) is 1.71. The number of nitrogens with two attached hydrogens (primary N) is 1. The minimum Gasteiger partial charge on any atom is -0.450 e. The SMILES string of the molecule is CCOC(=O)NC(CNC(N)=NCC(C)C)C1CC1. The maximum atomic E-state index is 11.4. The summed E-state index contributed by atoms with van der Waals surface area (Å²) in [5, 5.41) is 5.93. The van der Waals surface area contributed by atoms with Crippen LogP contribution in [0.4, 0.5) is 4.79 Å². The van der Waals surface area contributed by atoms with E-state index in [2.05, 4.69) is 29.5 Å². The second-order valence-corrected chi connectivity index (χ2v) is 5.31. The number of carbonyl (C=O) groups is 1. The first kappa shape index (κ1) is 15.6. The number of aliphatic imine (C=N–C) groups is 1. The largest absolute Gasteiger partial charge is 0.450 e. The quantitative estimate of drug-likeness (QED) is 0.477. The number of hydrogen-bond acceptors (Lipinski definition) is 3. The third-order valence-corrected chi connectivity index (χ3v) is 2.90. The Kier molecular flexibility index (Phi) is 6.45. The van der Waals surface area contributed by atoms with Gasteiger partial charge in [-0.15, -0.1) is 0 Å². The van der Waals surface area contributed by atoms with Gasteiger partial charge in [-0.2, -0.15) is 0 Å². The molecular weight excluding hydrogens is 244 g/mol. The van der Waals surface area contributed by atoms with E-state index in [1.165, 1.54) is 0 Å². The van der Waals surface area contributed by atoms with Gasteiger partial charge in [-0.1, -0.05) is 13.8 Å². The van der Waals surface area contributed by atoms with Gasteiger partial charge in [0, 0.05) is 13.1 Å². The molecule has 1 aliphatic rings. The number of carbonyl (C=O) groups excluding carboxylic acids is 1. The van der Waals surface area contributed by atoms with Crippen molar-refractivity contribution in [2.24, 2.45) is 22.6 Å². The Hall–Kier alpha value is -1.46. The fourth-order valence-electron chi connectivity index (χ4n) is 1.71. The first-order chi connectivity index (χ1) is 9.02. The predicted octanol–water partition coefficient (Wildman–Crippen LogP) is 1.07. The lowest BCUT2D eigenvalue weighted by Crippen LogP contribution is -2.47. The van der Waals surface area contributed by atoms with E-state index in [9.17, 15) is 4.79 Å². The molecule has 1 amide bonds. The number of amides is 1. The minimum atomic E-state index is -0.362. The van der Waals surface area contributed by atoms with Gasteiger partial charge in [0.1, 0.15) is 0 Å². The van der Waals surface area contributed by atoms with Crippen molar-refractivity contribution in [3.05, 3.63) is 0 Å². The van der Waals surface area contributed by atoms with Crippen LogP contribution in [0.3, 0.4) is 0 Å². The molecule has 1 fully saturated rings. The molecule has 0 saturated heterocycles. The number of hydrogen-bond donors (Lipinski definition) is 3. The highest BCUT2D eigenvalue weighted by Crippen LogP contribution is 2.32. The van der Waals surface area contributed by atoms with Crippen molar-refractivity contribution in [3.8, 4) is 0 Å². The van der Waals surface area contributed by atoms with E-state index in [4.69, 9.17) is 10.5 Å². The Morgan fingerprint density at radius 3 is 2.68 bits per heavy atom. The van der Waals surface area contributed by atoms with Crippen molar-refractivity contribution >= 4 is 12.1 Å². The molecule has 0 spiro atoms. The molecule has 0 bridgehead atoms. The summed E-state index contributed by atoms with van der Waals surface area (Å²) in [6.07, 6.45) is 1.92. The van der Waals surface area contributed by atoms with Gasteiger partial charge in [0.05, 0.1) is 12.6 Å². The van der Waals surface area contributed by atoms with Crippen molar-refractivity contribution in [1.29, 1.82) is 0 Å². The van der Waals surface area contributed by atoms with Crippen LogP contribution in [0.15, 0.2) is 4.99 Å². The summed E-state index contributed by atoms with van der Waals surface area (Å²) < 4.78 is 4.90. The van der Waals surface area contributed by atoms with Crippen LogP contribution in [-0.2, 0) is 4.74 Å². The molecule has 19 heavy (non-hydrogen) atoms. The molecule has 0 aromatic rings. The molecular formula is C13H26N4O2. The molecule has 1 unspecified atom stereocenters. The maximum Gasteiger partial charge on any atom is 0.407 e. The highest BCUT2D eigenvalue weighted by atomic mass is 16.5. The van der Waals surface area contributed by atoms with Gasteiger partial charge in [0.25, 0.3) is 0 Å². The Morgan fingerprint density at radius 1 is 1.47 bits per heavy atom. The molecule has 0 radical (unpaired) electrons. The van der Waals surface area contributed by atoms with Crippen LogP contribution in [0.1, 0.15) is 33.6 Å². The second kappa shape index (κ2) is 7.86. The van der Waals surface area contributed by atoms with Crippen LogP contribution in [0, 0.1) is 11.8 Å². The average molecular weight is 270 g/mol. The summed E-state index contributed by atoms with van der Waals surface area (Å²) in [6, 6.07) is 0.0619. The summed E-state index contributed by atoms with van der Waals surface area (Å²) in [5.74, 6) is 1.44. The van der Waals surface area contributed by atoms with Crippen LogP contribution >= 0.6 is 0 Å². The van der Waals surface area contributed by atoms with Gasteiger partial charge in [-0.05, 0) is 31.6 Å². The van der Waals surface area contributed by atoms with E-state index in [1.54, 1.807) is 6.92 Å². The topological polar surface area (TPSA) is 88.7 Å². The molecule has 0 aliphatic heterocycles. The predicted molar refractivity (Wildman–Crippen MR) is 76.0 cm³/mol. The van der Waals surface area contributed by atoms with E-state index >= 15 is 0 Å². The average Bonchev–Trinajstić information content (AvgIpc) is 3.16. The summed E-state index contributed by atoms with van der Waals surface area (Å²) in [7, 11) is 0. The summed E-state index contributed by atoms with van der Waals surface area (Å²) >= 11 is 0. The highest BCUT2D eigenvalue weighted by molar-refractivity contribution is 5.78. The molecule has 6 nitrogen and oxygen atoms in total. The lowest BCUT2D eigenvalue weighted by Gasteiger charge is -2.18. The van der Waals surface area contributed by atoms with Gasteiger partial charge >= 0.3 is 6.09 Å². The molecule has 4 N–H and O–H groups in total. The van der Waals surface area contributed by atoms with Crippen molar-refractivity contribution in [1.82, 2.24) is 10.6 Å². The van der Waals surface area contributed by atoms with Crippen molar-refractivity contribution in [2.45, 2.75) is 39.7 Å². The molecule has 1 saturated carbocycles. The molecule has 110 valence electrons. The van der Waals surface area contributed by atoms with Crippen LogP contribution in [-0.4, -0.2) is 37.8 Å². The first-order valence-corrected chi connectivity index (χ1v) is 7.00. The third kappa shape index (κ3) is 6.88. The zero-order valence-electron chi connectivity index (χ0n) is 12.1. The van der Waals surface area contributed by atoms with E-state index < -0.39 is 0 Å². The number of rotatable bonds is 7. The first-order valence-electron chi connectivity index (χ1n) is 7.00. The second-order valence-electron chi connectivity index (χ2n) is 5.31. The van der Waals surface area contributed by atoms with Crippen molar-refractivity contribution in [3.63, 3.8) is 0 Å². The van der Waals surface area contributed by atoms with Gasteiger partial charge in [0.2, 0.25) is 0 Å². The molecule has 6 heteroatoms. The van der Waals surface area contributed by atoms with Gasteiger partial charge in [-0.3, -0.25) is 4.99 Å². The minimum absolute atomic E-state index is 0.0619. The van der Waals surface area contributed by atoms with Crippen LogP contribution in [0.5, 0.6) is 0 Å². The Labute approximate surface area is 115 Å². The van der Waals surface area contributed by atoms with Crippen molar-refractivity contribution < 1.29 is 9.53 Å². The Bertz CT molecular complexity index is 314. The molecule has 1 atom stereocenters. The zero-order valence-corrected chi connectivity index (χ0v) is 12.1. The van der Waals surface area contributed by atoms with Crippen molar-refractivity contribution in [2.75, 3.05) is 19.7 Å². The Morgan fingerprint density at radius 2 is 2.16 bits per heavy atom. The standard InChI is InChI=1S/C13H26N4O2/c1-4-19-13(18)17-11(10-5-6-10)8-16-12(14)15-7-9(2)3/h9-11H,4-8H2,1-3H3,(H,17,18)(H3,14,15,16). The van der Waals surface area contributed by atoms with E-state index in [-0.39, 0.29) is 12.1 Å². The monoisotopic (exact) mass is 270 g/mol. The highest BCUT2D eigenvalue weighted by Gasteiger charge is 2.32. The summed E-state index contributed by atoms with van der Waals surface area (Å²) in [4.78, 5) is 15.7. The lowest BCUT2D eigenvalue weighted by atomic mass is 10.2. The molecule has 0 heterocycles. The molecule has 0 aromatic heterocycles. The number of nitrogens with one attached hydrogen (secondary N) is 2. The Balaban J connectivity index is 2.33. The molecule has 1 rings (SSSR count). The van der Waals surface area contributed by atoms with E-state index in [1.807, 2.05) is 0 Å². The summed E-state index contributed by atoms with van der Waals surface area (Å²) in [6.45, 7) is 7.66. The van der Waals surface area contributed by atoms with Gasteiger partial charge in [-0.25, -0.2) is 4.79 Å². The van der Waals surface area contributed by atoms with E-state index in [0.717, 1.165) is 12.8 Å². The van der Waals surface area contributed by atoms with Crippen LogP contribution in [0.2, 0.25) is 0 Å². The molecule has 0 aromatic carbocycles. The van der Waals surface area contributed by atoms with Crippen LogP contribution < -0.4 is 16.4 Å². The summed E-state index contributed by atoms with van der Waals surface area (Å²) in [5.41, 5.74) is 5.78. The lowest BCUT2D eigenvalue weighted by molar-refractivity contribution is 0.146. The van der Waals surface area contributed by atoms with E-state index in [0.29, 0.717) is 37.5 Å². The van der Waals surface area contributed by atoms with Gasteiger partial charge < -0.3 is 21.1 Å².